The van der Waals surface area contributed by atoms with E-state index in [1.807, 2.05) is 34.6 Å². The molecule has 0 bridgehead atoms. The van der Waals surface area contributed by atoms with Crippen LogP contribution in [0.15, 0.2) is 42.5 Å². The number of rotatable bonds is 21. The number of Topliss-reactive ketones (excluding diaryl/α,β-unsaturated/α-hetero) is 5. The fraction of sp³-hybridized carbons (Fsp3) is 0.500. The number of benzene rings is 2. The average Bonchev–Trinajstić information content (AvgIpc) is 1.61. The van der Waals surface area contributed by atoms with Crippen LogP contribution in [0.3, 0.4) is 0 Å². The quantitative estimate of drug-likeness (QED) is 0.00827. The van der Waals surface area contributed by atoms with Gasteiger partial charge < -0.3 is 98.7 Å². The van der Waals surface area contributed by atoms with Crippen molar-refractivity contribution in [3.63, 3.8) is 0 Å². The zero-order valence-corrected chi connectivity index (χ0v) is 80.7. The van der Waals surface area contributed by atoms with E-state index in [-0.39, 0.29) is 82.2 Å². The van der Waals surface area contributed by atoms with Crippen LogP contribution in [0.1, 0.15) is 264 Å². The molecule has 5 fully saturated rings. The Balaban J connectivity index is 0.000000152. The molecule has 35 nitrogen and oxygen atoms in total. The Kier molecular flexibility index (Phi) is 34.5. The number of carbonyl (C=O) groups excluding carboxylic acids is 14. The second-order valence-corrected chi connectivity index (χ2v) is 38.1. The second kappa shape index (κ2) is 45.0. The van der Waals surface area contributed by atoms with E-state index in [1.165, 1.54) is 32.4 Å². The molecule has 44 heteroatoms. The van der Waals surface area contributed by atoms with E-state index < -0.39 is 138 Å². The number of anilines is 2. The summed E-state index contributed by atoms with van der Waals surface area (Å²) >= 11 is 30.7. The van der Waals surface area contributed by atoms with Crippen molar-refractivity contribution < 1.29 is 128 Å². The molecule has 0 atom stereocenters. The molecule has 5 saturated heterocycles. The van der Waals surface area contributed by atoms with Gasteiger partial charge in [0.2, 0.25) is 0 Å². The van der Waals surface area contributed by atoms with Crippen LogP contribution in [0.4, 0.5) is 28.9 Å². The van der Waals surface area contributed by atoms with Crippen LogP contribution in [-0.4, -0.2) is 223 Å². The Morgan fingerprint density at radius 3 is 0.986 bits per heavy atom. The second-order valence-electron chi connectivity index (χ2n) is 36.2. The molecule has 0 radical (unpaired) electrons. The molecule has 10 aliphatic heterocycles. The molecule has 0 aliphatic carbocycles. The zero-order chi connectivity index (χ0) is 100. The number of nitrogens with one attached hydrogen (secondary N) is 6. The number of aromatic nitrogens is 5. The van der Waals surface area contributed by atoms with Crippen LogP contribution >= 0.6 is 58.0 Å². The number of amides is 6. The molecule has 2 aromatic carbocycles. The molecule has 744 valence electrons. The van der Waals surface area contributed by atoms with E-state index in [0.29, 0.717) is 230 Å². The third kappa shape index (κ3) is 23.8. The van der Waals surface area contributed by atoms with Crippen molar-refractivity contribution in [2.75, 3.05) is 91.3 Å². The third-order valence-corrected chi connectivity index (χ3v) is 27.8. The average molecular weight is 2030 g/mol. The van der Waals surface area contributed by atoms with E-state index in [4.69, 9.17) is 96.9 Å². The highest BCUT2D eigenvalue weighted by atomic mass is 35.5. The Morgan fingerprint density at radius 2 is 0.659 bits per heavy atom. The lowest BCUT2D eigenvalue weighted by Crippen LogP contribution is -2.51. The number of esters is 2. The zero-order valence-electron chi connectivity index (χ0n) is 76.9. The van der Waals surface area contributed by atoms with Gasteiger partial charge in [-0.3, -0.25) is 57.5 Å². The van der Waals surface area contributed by atoms with Gasteiger partial charge in [-0.1, -0.05) is 46.4 Å². The van der Waals surface area contributed by atoms with Crippen molar-refractivity contribution in [2.45, 2.75) is 223 Å². The summed E-state index contributed by atoms with van der Waals surface area (Å²) in [6.45, 7) is 17.4. The van der Waals surface area contributed by atoms with E-state index in [1.54, 1.807) is 22.8 Å². The summed E-state index contributed by atoms with van der Waals surface area (Å²) in [6.07, 6.45) is 13.0. The number of ketones is 5. The van der Waals surface area contributed by atoms with Gasteiger partial charge in [0.25, 0.3) is 69.6 Å². The van der Waals surface area contributed by atoms with Crippen LogP contribution in [0.5, 0.6) is 0 Å². The maximum atomic E-state index is 13.5. The highest BCUT2D eigenvalue weighted by molar-refractivity contribution is 6.69. The topological polar surface area (TPSA) is 464 Å². The molecule has 0 saturated carbocycles. The summed E-state index contributed by atoms with van der Waals surface area (Å²) in [7, 11) is 2.57. The lowest BCUT2D eigenvalue weighted by atomic mass is 9.92. The summed E-state index contributed by atoms with van der Waals surface area (Å²) < 4.78 is 95.1. The van der Waals surface area contributed by atoms with Gasteiger partial charge in [0.15, 0.2) is 23.3 Å². The molecule has 7 aromatic rings. The molecule has 5 aromatic heterocycles. The molecular formula is C94H107Cl5F4N12O23. The van der Waals surface area contributed by atoms with Gasteiger partial charge in [-0.2, -0.15) is 0 Å². The van der Waals surface area contributed by atoms with Gasteiger partial charge in [-0.25, -0.2) is 31.9 Å². The van der Waals surface area contributed by atoms with Gasteiger partial charge >= 0.3 is 17.9 Å². The first-order valence-corrected chi connectivity index (χ1v) is 47.0. The first kappa shape index (κ1) is 106. The number of fused-ring (bicyclic) bond motifs is 5. The number of carbonyl (C=O) groups is 15. The van der Waals surface area contributed by atoms with Gasteiger partial charge in [0, 0.05) is 172 Å². The van der Waals surface area contributed by atoms with Crippen molar-refractivity contribution in [3.05, 3.63) is 171 Å². The predicted octanol–water partition coefficient (Wildman–Crippen LogP) is 11.9. The molecule has 10 aliphatic rings. The molecule has 0 unspecified atom stereocenters. The van der Waals surface area contributed by atoms with E-state index in [9.17, 15) is 94.6 Å². The van der Waals surface area contributed by atoms with Crippen LogP contribution in [0.2, 0.25) is 20.1 Å². The van der Waals surface area contributed by atoms with Crippen LogP contribution in [0.25, 0.3) is 0 Å². The Labute approximate surface area is 814 Å². The first-order valence-electron chi connectivity index (χ1n) is 45.1. The number of aromatic carboxylic acids is 1. The summed E-state index contributed by atoms with van der Waals surface area (Å²) in [4.78, 5) is 186. The molecule has 138 heavy (non-hydrogen) atoms. The van der Waals surface area contributed by atoms with Crippen LogP contribution < -0.4 is 37.6 Å². The minimum absolute atomic E-state index is 0.00108. The van der Waals surface area contributed by atoms with Crippen LogP contribution in [0, 0.1) is 23.3 Å². The maximum Gasteiger partial charge on any atom is 0.341 e. The Bertz CT molecular complexity index is 5860. The minimum Gasteiger partial charge on any atom is -0.478 e. The fourth-order valence-electron chi connectivity index (χ4n) is 18.2. The van der Waals surface area contributed by atoms with Crippen molar-refractivity contribution in [2.24, 2.45) is 0 Å². The van der Waals surface area contributed by atoms with Gasteiger partial charge in [-0.15, -0.1) is 0 Å². The maximum absolute atomic E-state index is 13.5. The van der Waals surface area contributed by atoms with Gasteiger partial charge in [0.1, 0.15) is 22.8 Å². The number of hydrogen-bond acceptors (Lipinski definition) is 23. The lowest BCUT2D eigenvalue weighted by molar-refractivity contribution is -0.120. The monoisotopic (exact) mass is 2020 g/mol. The summed E-state index contributed by atoms with van der Waals surface area (Å²) in [5, 5.41) is 24.8. The summed E-state index contributed by atoms with van der Waals surface area (Å²) in [5.74, 6) is -14.1. The number of nitrogens with zero attached hydrogens (tertiary/aromatic N) is 5. The predicted molar refractivity (Wildman–Crippen MR) is 493 cm³/mol. The highest BCUT2D eigenvalue weighted by Crippen LogP contribution is 2.41. The van der Waals surface area contributed by atoms with E-state index in [0.717, 1.165) is 55.6 Å². The Hall–Kier alpha value is -11.1. The van der Waals surface area contributed by atoms with Crippen molar-refractivity contribution in [3.8, 4) is 0 Å². The van der Waals surface area contributed by atoms with Crippen molar-refractivity contribution in [1.82, 2.24) is 49.4 Å². The largest absolute Gasteiger partial charge is 0.478 e. The van der Waals surface area contributed by atoms with Gasteiger partial charge in [-0.05, 0) is 211 Å². The number of halogens is 9. The molecule has 6 amide bonds. The molecule has 15 heterocycles. The SMILES string of the molecule is CC1(NC(=O)C(=O)c2c(Cl)c(C(=O)Cl)c3n2CCC3)CCOCC1.CC1(NC(=O)C(=O)c2c(Cl)c(C(=O)Nc3ccc(F)c(F)c3)c3n2CCC3)CCOCC1.CC1(NC(=O)C(=O)c2c(Cl)c(C(=O)O)c3n2CCC3)CCOCC1.COC(=O)c1c(Cl)c(C(=O)C(=O)NC2(C)CCOCC2)n2c1CCC2.COC(=O)c1cc(C(=O)C(=O)NC2(C)CCOCC2)n2c1CCC2.Nc1ccc(F)c(F)c1. The molecule has 0 spiro atoms. The van der Waals surface area contributed by atoms with Crippen molar-refractivity contribution in [1.29, 1.82) is 0 Å². The highest BCUT2D eigenvalue weighted by Gasteiger charge is 2.45. The van der Waals surface area contributed by atoms with Gasteiger partial charge in [0.05, 0.1) is 67.8 Å². The number of carboxylic acid groups (broad SMARTS) is 1. The molecular weight excluding hydrogens is 1920 g/mol. The summed E-state index contributed by atoms with van der Waals surface area (Å²) in [6, 6.07) is 7.68. The van der Waals surface area contributed by atoms with Crippen molar-refractivity contribution >= 4 is 157 Å². The first-order chi connectivity index (χ1) is 65.4. The number of hydrogen-bond donors (Lipinski definition) is 8. The summed E-state index contributed by atoms with van der Waals surface area (Å²) in [5.41, 5.74) is 7.06. The van der Waals surface area contributed by atoms with E-state index >= 15 is 0 Å². The third-order valence-electron chi connectivity index (χ3n) is 26.2. The number of nitrogens with two attached hydrogens (primary N) is 1. The molecule has 17 rings (SSSR count). The van der Waals surface area contributed by atoms with Crippen LogP contribution in [-0.2, 0) is 122 Å². The Morgan fingerprint density at radius 1 is 0.370 bits per heavy atom. The lowest BCUT2D eigenvalue weighted by Gasteiger charge is -2.34. The number of methoxy groups -OCH3 is 2. The number of carboxylic acids is 1. The smallest absolute Gasteiger partial charge is 0.341 e. The normalized spacial score (nSPS) is 17.8. The number of nitrogen functional groups attached to an aromatic ring is 1. The minimum atomic E-state index is -1.18. The van der Waals surface area contributed by atoms with E-state index in [2.05, 4.69) is 31.9 Å². The standard InChI is InChI=1S/C22H22ClF2N3O4.C17H21ClN2O5.C17H22N2O5.C16H18Cl2N2O4.C16H19ClN2O5.C6H5F2N/c1-22(6-9-32-10-7-22)27-21(31)19(29)18-17(23)16(15-3-2-8-28(15)18)20(30)26-12-4-5-13(24)14(25)11-12;1-17(5-8-25-9-6-17)19-15(22)14(21)13-12(18)11(16(23)24-2)10-4-3-7-20(10)13;1-17(5-8-24-9-6-17)18-15(21)14(20)13-10-11(16(22)23-2)12-4-3-7-19(12)13;1-16(4-7-24-8-5-16)19-15(23)13(21)12-11(17)10(14(18)22)9-3-2-6-20(9)12;1-16(4-7-24-8-5-16)18-14(21)13(20)12-11(17)10(15(22)23)9-3-2-6-19(9)12;7-5-2-1-4(9)3-6(5)8/h4-5,11H,2-3,6-10H2,1H3,(H,26,30)(H,27,31);3-9H2,1-2H3,(H,19,22);10H,3-9H2,1-2H3,(H,18,21);2-8H2,1H3,(H,19,23);2-8H2,1H3,(H,18,21)(H,22,23);1-3H,9H2. The number of ether oxygens (including phenoxy) is 7. The fourth-order valence-corrected chi connectivity index (χ4v) is 20.0. The molecule has 9 N–H and O–H groups in total.